The zero-order valence-electron chi connectivity index (χ0n) is 12.3. The van der Waals surface area contributed by atoms with E-state index in [9.17, 15) is 0 Å². The Morgan fingerprint density at radius 2 is 2.20 bits per heavy atom. The Bertz CT molecular complexity index is 419. The zero-order chi connectivity index (χ0) is 14.8. The van der Waals surface area contributed by atoms with Crippen molar-refractivity contribution < 1.29 is 9.94 Å². The predicted octanol–water partition coefficient (Wildman–Crippen LogP) is 2.08. The van der Waals surface area contributed by atoms with E-state index >= 15 is 0 Å². The van der Waals surface area contributed by atoms with E-state index in [0.29, 0.717) is 6.10 Å². The van der Waals surface area contributed by atoms with Crippen LogP contribution < -0.4 is 11.1 Å². The number of hydrogen-bond donors (Lipinski definition) is 3. The van der Waals surface area contributed by atoms with E-state index in [4.69, 9.17) is 15.7 Å². The van der Waals surface area contributed by atoms with Gasteiger partial charge < -0.3 is 21.0 Å². The summed E-state index contributed by atoms with van der Waals surface area (Å²) in [5, 5.41) is 15.0. The van der Waals surface area contributed by atoms with Crippen molar-refractivity contribution in [3.05, 3.63) is 35.4 Å². The minimum atomic E-state index is 0.137. The van der Waals surface area contributed by atoms with Crippen molar-refractivity contribution in [2.75, 3.05) is 13.2 Å². The molecule has 0 atom stereocenters. The Kier molecular flexibility index (Phi) is 7.69. The third-order valence-electron chi connectivity index (χ3n) is 2.86. The van der Waals surface area contributed by atoms with Crippen LogP contribution in [-0.2, 0) is 11.3 Å². The summed E-state index contributed by atoms with van der Waals surface area (Å²) in [7, 11) is 0. The number of nitrogens with two attached hydrogens (primary N) is 1. The molecule has 20 heavy (non-hydrogen) atoms. The second-order valence-corrected chi connectivity index (χ2v) is 4.99. The van der Waals surface area contributed by atoms with Crippen LogP contribution in [0.15, 0.2) is 29.4 Å². The van der Waals surface area contributed by atoms with E-state index in [1.54, 1.807) is 0 Å². The van der Waals surface area contributed by atoms with Crippen LogP contribution in [0.3, 0.4) is 0 Å². The fraction of sp³-hybridized carbons (Fsp3) is 0.533. The first-order valence-electron chi connectivity index (χ1n) is 7.02. The van der Waals surface area contributed by atoms with Gasteiger partial charge in [-0.2, -0.15) is 0 Å². The first kappa shape index (κ1) is 16.5. The molecule has 5 nitrogen and oxygen atoms in total. The normalized spacial score (nSPS) is 12.1. The highest BCUT2D eigenvalue weighted by Crippen LogP contribution is 2.05. The number of nitrogens with zero attached hydrogens (tertiary/aromatic N) is 1. The van der Waals surface area contributed by atoms with Gasteiger partial charge in [-0.1, -0.05) is 23.4 Å². The second-order valence-electron chi connectivity index (χ2n) is 4.99. The Morgan fingerprint density at radius 3 is 2.90 bits per heavy atom. The molecule has 0 heterocycles. The molecule has 0 saturated carbocycles. The number of ether oxygens (including phenoxy) is 1. The molecule has 1 aromatic rings. The van der Waals surface area contributed by atoms with E-state index in [1.807, 2.05) is 38.1 Å². The maximum Gasteiger partial charge on any atom is 0.170 e. The Balaban J connectivity index is 2.22. The lowest BCUT2D eigenvalue weighted by Crippen LogP contribution is -2.17. The molecule has 0 radical (unpaired) electrons. The number of rotatable bonds is 9. The quantitative estimate of drug-likeness (QED) is 0.212. The van der Waals surface area contributed by atoms with Crippen LogP contribution in [0.2, 0.25) is 0 Å². The Hall–Kier alpha value is -1.59. The van der Waals surface area contributed by atoms with Crippen LogP contribution in [0.25, 0.3) is 0 Å². The molecular formula is C15H25N3O2. The van der Waals surface area contributed by atoms with Crippen LogP contribution in [0.4, 0.5) is 0 Å². The van der Waals surface area contributed by atoms with Gasteiger partial charge in [0.1, 0.15) is 0 Å². The standard InChI is InChI=1S/C15H25N3O2/c1-12(2)20-9-4-3-8-17-11-13-6-5-7-14(10-13)15(16)18-19/h5-7,10,12,17,19H,3-4,8-9,11H2,1-2H3,(H2,16,18). The average Bonchev–Trinajstić information content (AvgIpc) is 2.45. The smallest absolute Gasteiger partial charge is 0.170 e. The number of unbranched alkanes of at least 4 members (excludes halogenated alkanes) is 1. The first-order chi connectivity index (χ1) is 9.63. The van der Waals surface area contributed by atoms with E-state index < -0.39 is 0 Å². The third-order valence-corrected chi connectivity index (χ3v) is 2.86. The van der Waals surface area contributed by atoms with Crippen molar-refractivity contribution in [2.24, 2.45) is 10.9 Å². The molecule has 0 spiro atoms. The minimum absolute atomic E-state index is 0.137. The van der Waals surface area contributed by atoms with Crippen molar-refractivity contribution in [1.29, 1.82) is 0 Å². The van der Waals surface area contributed by atoms with Crippen molar-refractivity contribution in [3.8, 4) is 0 Å². The molecule has 1 aromatic carbocycles. The number of nitrogens with one attached hydrogen (secondary N) is 1. The third kappa shape index (κ3) is 6.54. The van der Waals surface area contributed by atoms with Crippen LogP contribution in [0.5, 0.6) is 0 Å². The van der Waals surface area contributed by atoms with Crippen molar-refractivity contribution >= 4 is 5.84 Å². The zero-order valence-corrected chi connectivity index (χ0v) is 12.3. The van der Waals surface area contributed by atoms with Crippen molar-refractivity contribution in [3.63, 3.8) is 0 Å². The van der Waals surface area contributed by atoms with Crippen molar-refractivity contribution in [1.82, 2.24) is 5.32 Å². The largest absolute Gasteiger partial charge is 0.409 e. The second kappa shape index (κ2) is 9.34. The molecule has 4 N–H and O–H groups in total. The monoisotopic (exact) mass is 279 g/mol. The topological polar surface area (TPSA) is 79.9 Å². The lowest BCUT2D eigenvalue weighted by molar-refractivity contribution is 0.0760. The highest BCUT2D eigenvalue weighted by Gasteiger charge is 2.00. The van der Waals surface area contributed by atoms with Gasteiger partial charge in [0.25, 0.3) is 0 Å². The van der Waals surface area contributed by atoms with Gasteiger partial charge in [0.2, 0.25) is 0 Å². The molecular weight excluding hydrogens is 254 g/mol. The maximum absolute atomic E-state index is 8.65. The van der Waals surface area contributed by atoms with E-state index in [2.05, 4.69) is 10.5 Å². The van der Waals surface area contributed by atoms with Crippen LogP contribution in [0, 0.1) is 0 Å². The summed E-state index contributed by atoms with van der Waals surface area (Å²) >= 11 is 0. The van der Waals surface area contributed by atoms with Crippen LogP contribution >= 0.6 is 0 Å². The van der Waals surface area contributed by atoms with Gasteiger partial charge in [-0.05, 0) is 44.9 Å². The molecule has 0 saturated heterocycles. The summed E-state index contributed by atoms with van der Waals surface area (Å²) in [6.45, 7) is 6.64. The molecule has 0 unspecified atom stereocenters. The minimum Gasteiger partial charge on any atom is -0.409 e. The molecule has 0 aliphatic carbocycles. The van der Waals surface area contributed by atoms with Gasteiger partial charge in [-0.3, -0.25) is 0 Å². The molecule has 0 fully saturated rings. The van der Waals surface area contributed by atoms with Gasteiger partial charge in [0.05, 0.1) is 6.10 Å². The average molecular weight is 279 g/mol. The Labute approximate surface area is 120 Å². The maximum atomic E-state index is 8.65. The fourth-order valence-corrected chi connectivity index (χ4v) is 1.80. The summed E-state index contributed by atoms with van der Waals surface area (Å²) in [5.74, 6) is 0.137. The lowest BCUT2D eigenvalue weighted by atomic mass is 10.1. The summed E-state index contributed by atoms with van der Waals surface area (Å²) in [5.41, 5.74) is 7.41. The number of hydrogen-bond acceptors (Lipinski definition) is 4. The SMILES string of the molecule is CC(C)OCCCCNCc1cccc(/C(N)=N/O)c1. The predicted molar refractivity (Wildman–Crippen MR) is 81.0 cm³/mol. The highest BCUT2D eigenvalue weighted by atomic mass is 16.5. The highest BCUT2D eigenvalue weighted by molar-refractivity contribution is 5.97. The van der Waals surface area contributed by atoms with Crippen LogP contribution in [-0.4, -0.2) is 30.3 Å². The molecule has 5 heteroatoms. The molecule has 0 aliphatic rings. The number of oxime groups is 1. The summed E-state index contributed by atoms with van der Waals surface area (Å²) in [6.07, 6.45) is 2.46. The summed E-state index contributed by atoms with van der Waals surface area (Å²) in [6, 6.07) is 7.66. The van der Waals surface area contributed by atoms with Gasteiger partial charge in [0, 0.05) is 18.7 Å². The van der Waals surface area contributed by atoms with Gasteiger partial charge in [-0.15, -0.1) is 0 Å². The van der Waals surface area contributed by atoms with Gasteiger partial charge >= 0.3 is 0 Å². The van der Waals surface area contributed by atoms with E-state index in [0.717, 1.165) is 43.7 Å². The summed E-state index contributed by atoms with van der Waals surface area (Å²) in [4.78, 5) is 0. The lowest BCUT2D eigenvalue weighted by Gasteiger charge is -2.08. The number of benzene rings is 1. The van der Waals surface area contributed by atoms with E-state index in [-0.39, 0.29) is 5.84 Å². The molecule has 0 aliphatic heterocycles. The van der Waals surface area contributed by atoms with Gasteiger partial charge in [-0.25, -0.2) is 0 Å². The molecule has 112 valence electrons. The molecule has 0 bridgehead atoms. The molecule has 0 amide bonds. The first-order valence-corrected chi connectivity index (χ1v) is 7.02. The number of amidine groups is 1. The van der Waals surface area contributed by atoms with Crippen LogP contribution in [0.1, 0.15) is 37.8 Å². The van der Waals surface area contributed by atoms with E-state index in [1.165, 1.54) is 0 Å². The Morgan fingerprint density at radius 1 is 1.40 bits per heavy atom. The summed E-state index contributed by atoms with van der Waals surface area (Å²) < 4.78 is 5.48. The molecule has 1 rings (SSSR count). The van der Waals surface area contributed by atoms with Crippen molar-refractivity contribution in [2.45, 2.75) is 39.3 Å². The van der Waals surface area contributed by atoms with Gasteiger partial charge in [0.15, 0.2) is 5.84 Å². The fourth-order valence-electron chi connectivity index (χ4n) is 1.80. The molecule has 0 aromatic heterocycles.